The van der Waals surface area contributed by atoms with Crippen LogP contribution < -0.4 is 10.6 Å². The Morgan fingerprint density at radius 1 is 1.30 bits per heavy atom. The van der Waals surface area contributed by atoms with Crippen LogP contribution in [0.2, 0.25) is 5.02 Å². The first-order valence-electron chi connectivity index (χ1n) is 6.74. The van der Waals surface area contributed by atoms with E-state index in [0.29, 0.717) is 18.2 Å². The molecule has 0 unspecified atom stereocenters. The minimum Gasteiger partial charge on any atom is -0.383 e. The number of hydrogen-bond acceptors (Lipinski definition) is 4. The Morgan fingerprint density at radius 2 is 2.15 bits per heavy atom. The van der Waals surface area contributed by atoms with Gasteiger partial charge >= 0.3 is 0 Å². The Balaban J connectivity index is 2.35. The van der Waals surface area contributed by atoms with Gasteiger partial charge in [-0.1, -0.05) is 11.6 Å². The van der Waals surface area contributed by atoms with Crippen molar-refractivity contribution in [1.82, 2.24) is 4.98 Å². The van der Waals surface area contributed by atoms with Gasteiger partial charge in [0, 0.05) is 42.5 Å². The zero-order valence-corrected chi connectivity index (χ0v) is 12.4. The molecule has 0 saturated heterocycles. The topological polar surface area (TPSA) is 51.4 Å². The van der Waals surface area contributed by atoms with Gasteiger partial charge in [0.15, 0.2) is 0 Å². The molecule has 0 aliphatic rings. The van der Waals surface area contributed by atoms with Crippen LogP contribution in [-0.2, 0) is 4.74 Å². The van der Waals surface area contributed by atoms with E-state index in [9.17, 15) is 0 Å². The number of methoxy groups -OCH3 is 1. The van der Waals surface area contributed by atoms with Gasteiger partial charge in [-0.2, -0.15) is 0 Å². The van der Waals surface area contributed by atoms with Crippen molar-refractivity contribution in [3.63, 3.8) is 0 Å². The fraction of sp³-hybridized carbons (Fsp3) is 0.400. The smallest absolute Gasteiger partial charge is 0.0737 e. The lowest BCUT2D eigenvalue weighted by Crippen LogP contribution is -2.29. The lowest BCUT2D eigenvalue weighted by atomic mass is 10.1. The highest BCUT2D eigenvalue weighted by Gasteiger charge is 2.10. The van der Waals surface area contributed by atoms with E-state index in [0.717, 1.165) is 36.1 Å². The van der Waals surface area contributed by atoms with E-state index >= 15 is 0 Å². The predicted molar refractivity (Wildman–Crippen MR) is 84.5 cm³/mol. The molecule has 0 spiro atoms. The largest absolute Gasteiger partial charge is 0.383 e. The fourth-order valence-electron chi connectivity index (χ4n) is 2.22. The number of ether oxygens (including phenoxy) is 1. The Bertz CT molecular complexity index is 554. The lowest BCUT2D eigenvalue weighted by Gasteiger charge is -2.25. The summed E-state index contributed by atoms with van der Waals surface area (Å²) in [7, 11) is 1.71. The number of fused-ring (bicyclic) bond motifs is 1. The van der Waals surface area contributed by atoms with Crippen molar-refractivity contribution in [2.24, 2.45) is 5.73 Å². The summed E-state index contributed by atoms with van der Waals surface area (Å²) < 4.78 is 5.20. The van der Waals surface area contributed by atoms with Gasteiger partial charge in [-0.25, -0.2) is 0 Å². The maximum Gasteiger partial charge on any atom is 0.0737 e. The molecular formula is C15H20ClN3O. The zero-order chi connectivity index (χ0) is 14.4. The third-order valence-corrected chi connectivity index (χ3v) is 3.46. The molecule has 0 bridgehead atoms. The van der Waals surface area contributed by atoms with Gasteiger partial charge in [0.25, 0.3) is 0 Å². The summed E-state index contributed by atoms with van der Waals surface area (Å²) in [5, 5.41) is 1.80. The number of rotatable bonds is 7. The van der Waals surface area contributed by atoms with Crippen LogP contribution in [0.5, 0.6) is 0 Å². The third kappa shape index (κ3) is 3.60. The van der Waals surface area contributed by atoms with Crippen molar-refractivity contribution in [2.75, 3.05) is 38.3 Å². The predicted octanol–water partition coefficient (Wildman–Crippen LogP) is 2.69. The molecule has 1 heterocycles. The van der Waals surface area contributed by atoms with E-state index in [4.69, 9.17) is 22.1 Å². The van der Waals surface area contributed by atoms with Crippen LogP contribution in [0.3, 0.4) is 0 Å². The van der Waals surface area contributed by atoms with Gasteiger partial charge in [0.1, 0.15) is 0 Å². The number of hydrogen-bond donors (Lipinski definition) is 1. The maximum atomic E-state index is 6.03. The van der Waals surface area contributed by atoms with E-state index in [-0.39, 0.29) is 0 Å². The molecule has 4 nitrogen and oxygen atoms in total. The first-order valence-corrected chi connectivity index (χ1v) is 7.12. The van der Waals surface area contributed by atoms with Gasteiger partial charge < -0.3 is 15.4 Å². The Kier molecular flexibility index (Phi) is 5.59. The standard InChI is InChI=1S/C15H20ClN3O/c1-20-10-9-19(8-2-6-17)15-5-7-18-14-11-12(16)3-4-13(14)15/h3-5,7,11H,2,6,8-10,17H2,1H3. The van der Waals surface area contributed by atoms with Crippen LogP contribution in [0.1, 0.15) is 6.42 Å². The molecule has 108 valence electrons. The summed E-state index contributed by atoms with van der Waals surface area (Å²) in [6.07, 6.45) is 2.76. The van der Waals surface area contributed by atoms with Crippen LogP contribution in [-0.4, -0.2) is 38.3 Å². The minimum atomic E-state index is 0.679. The second-order valence-electron chi connectivity index (χ2n) is 4.61. The highest BCUT2D eigenvalue weighted by atomic mass is 35.5. The van der Waals surface area contributed by atoms with Gasteiger partial charge in [0.05, 0.1) is 12.1 Å². The molecular weight excluding hydrogens is 274 g/mol. The summed E-state index contributed by atoms with van der Waals surface area (Å²) in [6.45, 7) is 3.10. The molecule has 0 fully saturated rings. The molecule has 0 radical (unpaired) electrons. The summed E-state index contributed by atoms with van der Waals surface area (Å²) >= 11 is 6.03. The van der Waals surface area contributed by atoms with Crippen LogP contribution in [0.15, 0.2) is 30.5 Å². The SMILES string of the molecule is COCCN(CCCN)c1ccnc2cc(Cl)ccc12. The number of benzene rings is 1. The van der Waals surface area contributed by atoms with Crippen molar-refractivity contribution in [3.05, 3.63) is 35.5 Å². The van der Waals surface area contributed by atoms with Crippen LogP contribution in [0, 0.1) is 0 Å². The quantitative estimate of drug-likeness (QED) is 0.853. The van der Waals surface area contributed by atoms with E-state index in [1.165, 1.54) is 0 Å². The van der Waals surface area contributed by atoms with Crippen molar-refractivity contribution in [1.29, 1.82) is 0 Å². The summed E-state index contributed by atoms with van der Waals surface area (Å²) in [6, 6.07) is 7.83. The number of halogens is 1. The summed E-state index contributed by atoms with van der Waals surface area (Å²) in [5.74, 6) is 0. The van der Waals surface area contributed by atoms with Gasteiger partial charge in [0.2, 0.25) is 0 Å². The number of nitrogens with two attached hydrogens (primary N) is 1. The van der Waals surface area contributed by atoms with E-state index in [2.05, 4.69) is 9.88 Å². The number of anilines is 1. The molecule has 0 aliphatic heterocycles. The summed E-state index contributed by atoms with van der Waals surface area (Å²) in [5.41, 5.74) is 7.69. The normalized spacial score (nSPS) is 10.9. The highest BCUT2D eigenvalue weighted by Crippen LogP contribution is 2.27. The first kappa shape index (κ1) is 15.0. The third-order valence-electron chi connectivity index (χ3n) is 3.22. The second-order valence-corrected chi connectivity index (χ2v) is 5.05. The fourth-order valence-corrected chi connectivity index (χ4v) is 2.38. The van der Waals surface area contributed by atoms with E-state index in [1.807, 2.05) is 30.5 Å². The highest BCUT2D eigenvalue weighted by molar-refractivity contribution is 6.31. The maximum absolute atomic E-state index is 6.03. The van der Waals surface area contributed by atoms with Crippen LogP contribution in [0.4, 0.5) is 5.69 Å². The average molecular weight is 294 g/mol. The lowest BCUT2D eigenvalue weighted by molar-refractivity contribution is 0.205. The second kappa shape index (κ2) is 7.43. The molecule has 1 aromatic carbocycles. The van der Waals surface area contributed by atoms with Gasteiger partial charge in [-0.15, -0.1) is 0 Å². The van der Waals surface area contributed by atoms with Crippen LogP contribution in [0.25, 0.3) is 10.9 Å². The zero-order valence-electron chi connectivity index (χ0n) is 11.7. The van der Waals surface area contributed by atoms with Crippen molar-refractivity contribution >= 4 is 28.2 Å². The monoisotopic (exact) mass is 293 g/mol. The van der Waals surface area contributed by atoms with Gasteiger partial charge in [-0.3, -0.25) is 4.98 Å². The molecule has 2 rings (SSSR count). The Labute approximate surface area is 124 Å². The molecule has 20 heavy (non-hydrogen) atoms. The Morgan fingerprint density at radius 3 is 2.90 bits per heavy atom. The number of pyridine rings is 1. The molecule has 0 amide bonds. The molecule has 2 N–H and O–H groups in total. The van der Waals surface area contributed by atoms with E-state index < -0.39 is 0 Å². The van der Waals surface area contributed by atoms with Gasteiger partial charge in [-0.05, 0) is 37.2 Å². The Hall–Kier alpha value is -1.36. The van der Waals surface area contributed by atoms with Crippen LogP contribution >= 0.6 is 11.6 Å². The van der Waals surface area contributed by atoms with Crippen molar-refractivity contribution in [2.45, 2.75) is 6.42 Å². The molecule has 1 aromatic heterocycles. The molecule has 0 saturated carbocycles. The molecule has 2 aromatic rings. The summed E-state index contributed by atoms with van der Waals surface area (Å²) in [4.78, 5) is 6.66. The minimum absolute atomic E-state index is 0.679. The molecule has 5 heteroatoms. The number of nitrogens with zero attached hydrogens (tertiary/aromatic N) is 2. The first-order chi connectivity index (χ1) is 9.76. The molecule has 0 atom stereocenters. The number of aromatic nitrogens is 1. The molecule has 0 aliphatic carbocycles. The van der Waals surface area contributed by atoms with Crippen molar-refractivity contribution < 1.29 is 4.74 Å². The average Bonchev–Trinajstić information content (AvgIpc) is 2.47. The van der Waals surface area contributed by atoms with Crippen molar-refractivity contribution in [3.8, 4) is 0 Å². The van der Waals surface area contributed by atoms with E-state index in [1.54, 1.807) is 7.11 Å².